The molecule has 0 N–H and O–H groups in total. The van der Waals surface area contributed by atoms with Crippen molar-refractivity contribution in [2.45, 2.75) is 11.7 Å². The number of carbonyl (C=O) groups excluding carboxylic acids is 1. The van der Waals surface area contributed by atoms with E-state index < -0.39 is 0 Å². The molecule has 1 aromatic heterocycles. The van der Waals surface area contributed by atoms with Gasteiger partial charge in [-0.25, -0.2) is 4.39 Å². The minimum atomic E-state index is -0.300. The molecule has 3 aromatic rings. The first-order valence-electron chi connectivity index (χ1n) is 9.73. The molecule has 1 aliphatic heterocycles. The highest BCUT2D eigenvalue weighted by Crippen LogP contribution is 2.23. The fourth-order valence-corrected chi connectivity index (χ4v) is 4.64. The Bertz CT molecular complexity index is 1050. The monoisotopic (exact) mass is 479 g/mol. The molecule has 31 heavy (non-hydrogen) atoms. The van der Waals surface area contributed by atoms with Crippen molar-refractivity contribution in [3.63, 3.8) is 0 Å². The number of halogens is 3. The van der Waals surface area contributed by atoms with Gasteiger partial charge in [0.15, 0.2) is 5.16 Å². The normalized spacial score (nSPS) is 14.7. The number of rotatable bonds is 6. The van der Waals surface area contributed by atoms with Gasteiger partial charge >= 0.3 is 0 Å². The summed E-state index contributed by atoms with van der Waals surface area (Å²) in [5, 5.41) is 9.76. The lowest BCUT2D eigenvalue weighted by Gasteiger charge is -2.34. The average Bonchev–Trinajstić information content (AvgIpc) is 3.24. The summed E-state index contributed by atoms with van der Waals surface area (Å²) >= 11 is 13.5. The molecule has 6 nitrogen and oxygen atoms in total. The minimum absolute atomic E-state index is 0.0363. The molecule has 162 valence electrons. The van der Waals surface area contributed by atoms with Crippen LogP contribution in [-0.2, 0) is 11.3 Å². The third-order valence-corrected chi connectivity index (χ3v) is 6.61. The number of carbonyl (C=O) groups is 1. The van der Waals surface area contributed by atoms with Gasteiger partial charge in [-0.2, -0.15) is 0 Å². The van der Waals surface area contributed by atoms with E-state index in [-0.39, 0.29) is 17.5 Å². The van der Waals surface area contributed by atoms with E-state index in [4.69, 9.17) is 23.2 Å². The van der Waals surface area contributed by atoms with Gasteiger partial charge in [-0.15, -0.1) is 10.2 Å². The molecule has 2 heterocycles. The van der Waals surface area contributed by atoms with Gasteiger partial charge in [0.25, 0.3) is 0 Å². The van der Waals surface area contributed by atoms with E-state index in [0.29, 0.717) is 53.5 Å². The van der Waals surface area contributed by atoms with E-state index in [1.54, 1.807) is 29.1 Å². The van der Waals surface area contributed by atoms with Gasteiger partial charge < -0.3 is 4.90 Å². The van der Waals surface area contributed by atoms with Gasteiger partial charge in [-0.1, -0.05) is 47.1 Å². The molecular formula is C21H20Cl2FN5OS. The first kappa shape index (κ1) is 22.1. The van der Waals surface area contributed by atoms with Crippen molar-refractivity contribution in [2.24, 2.45) is 0 Å². The molecule has 1 amide bonds. The van der Waals surface area contributed by atoms with Crippen LogP contribution in [0.25, 0.3) is 5.69 Å². The fraction of sp³-hybridized carbons (Fsp3) is 0.286. The third kappa shape index (κ3) is 5.38. The number of amides is 1. The highest BCUT2D eigenvalue weighted by atomic mass is 35.5. The molecule has 0 unspecified atom stereocenters. The number of thioether (sulfide) groups is 1. The van der Waals surface area contributed by atoms with Crippen LogP contribution in [0.15, 0.2) is 53.9 Å². The van der Waals surface area contributed by atoms with Crippen LogP contribution in [0.3, 0.4) is 0 Å². The summed E-state index contributed by atoms with van der Waals surface area (Å²) in [6.45, 7) is 2.95. The van der Waals surface area contributed by atoms with Gasteiger partial charge in [0.2, 0.25) is 5.91 Å². The zero-order valence-electron chi connectivity index (χ0n) is 16.5. The molecule has 0 aliphatic carbocycles. The molecule has 0 atom stereocenters. The van der Waals surface area contributed by atoms with Crippen LogP contribution in [0.5, 0.6) is 0 Å². The quantitative estimate of drug-likeness (QED) is 0.497. The second-order valence-electron chi connectivity index (χ2n) is 7.11. The smallest absolute Gasteiger partial charge is 0.233 e. The molecule has 0 spiro atoms. The van der Waals surface area contributed by atoms with E-state index in [1.807, 2.05) is 23.1 Å². The number of piperazine rings is 1. The lowest BCUT2D eigenvalue weighted by molar-refractivity contribution is -0.130. The fourth-order valence-electron chi connectivity index (χ4n) is 3.41. The highest BCUT2D eigenvalue weighted by Gasteiger charge is 2.23. The summed E-state index contributed by atoms with van der Waals surface area (Å²) in [5.41, 5.74) is 1.34. The van der Waals surface area contributed by atoms with Crippen LogP contribution in [0, 0.1) is 5.82 Å². The van der Waals surface area contributed by atoms with E-state index in [9.17, 15) is 9.18 Å². The maximum absolute atomic E-state index is 14.0. The van der Waals surface area contributed by atoms with E-state index >= 15 is 0 Å². The summed E-state index contributed by atoms with van der Waals surface area (Å²) < 4.78 is 15.8. The van der Waals surface area contributed by atoms with Crippen molar-refractivity contribution in [2.75, 3.05) is 31.9 Å². The Kier molecular flexibility index (Phi) is 7.12. The Morgan fingerprint density at radius 1 is 1.10 bits per heavy atom. The number of aromatic nitrogens is 3. The Hall–Kier alpha value is -2.13. The summed E-state index contributed by atoms with van der Waals surface area (Å²) in [6.07, 6.45) is 1.60. The maximum Gasteiger partial charge on any atom is 0.233 e. The number of benzene rings is 2. The summed E-state index contributed by atoms with van der Waals surface area (Å²) in [4.78, 5) is 16.6. The van der Waals surface area contributed by atoms with Crippen LogP contribution >= 0.6 is 35.0 Å². The van der Waals surface area contributed by atoms with Crippen LogP contribution < -0.4 is 0 Å². The van der Waals surface area contributed by atoms with Gasteiger partial charge in [0.1, 0.15) is 12.1 Å². The second-order valence-corrected chi connectivity index (χ2v) is 8.90. The second kappa shape index (κ2) is 9.99. The first-order chi connectivity index (χ1) is 15.0. The predicted molar refractivity (Wildman–Crippen MR) is 120 cm³/mol. The van der Waals surface area contributed by atoms with Crippen molar-refractivity contribution in [3.05, 3.63) is 70.2 Å². The highest BCUT2D eigenvalue weighted by molar-refractivity contribution is 7.99. The van der Waals surface area contributed by atoms with E-state index in [1.165, 1.54) is 17.8 Å². The molecular weight excluding hydrogens is 460 g/mol. The Balaban J connectivity index is 1.30. The summed E-state index contributed by atoms with van der Waals surface area (Å²) in [7, 11) is 0. The molecule has 2 aromatic carbocycles. The third-order valence-electron chi connectivity index (χ3n) is 5.10. The lowest BCUT2D eigenvalue weighted by atomic mass is 10.2. The topological polar surface area (TPSA) is 54.3 Å². The van der Waals surface area contributed by atoms with Crippen LogP contribution in [-0.4, -0.2) is 62.4 Å². The Morgan fingerprint density at radius 3 is 2.61 bits per heavy atom. The van der Waals surface area contributed by atoms with E-state index in [2.05, 4.69) is 15.1 Å². The summed E-state index contributed by atoms with van der Waals surface area (Å²) in [5.74, 6) is -0.00118. The molecule has 1 saturated heterocycles. The molecule has 10 heteroatoms. The van der Waals surface area contributed by atoms with Crippen LogP contribution in [0.1, 0.15) is 5.56 Å². The Morgan fingerprint density at radius 2 is 1.87 bits per heavy atom. The van der Waals surface area contributed by atoms with Crippen LogP contribution in [0.4, 0.5) is 4.39 Å². The lowest BCUT2D eigenvalue weighted by Crippen LogP contribution is -2.48. The van der Waals surface area contributed by atoms with Crippen LogP contribution in [0.2, 0.25) is 10.0 Å². The zero-order chi connectivity index (χ0) is 21.8. The van der Waals surface area contributed by atoms with Crippen molar-refractivity contribution >= 4 is 40.9 Å². The standard InChI is InChI=1S/C21H20Cl2FN5OS/c22-15-3-1-4-16(11-15)29-14-25-26-21(29)31-13-20(30)28-9-7-27(8-10-28)12-17-18(23)5-2-6-19(17)24/h1-6,11,14H,7-10,12-13H2. The van der Waals surface area contributed by atoms with Crippen molar-refractivity contribution < 1.29 is 9.18 Å². The zero-order valence-corrected chi connectivity index (χ0v) is 18.9. The summed E-state index contributed by atoms with van der Waals surface area (Å²) in [6, 6.07) is 12.1. The molecule has 4 rings (SSSR count). The van der Waals surface area contributed by atoms with Gasteiger partial charge in [-0.05, 0) is 30.3 Å². The molecule has 0 radical (unpaired) electrons. The Labute approximate surface area is 193 Å². The van der Waals surface area contributed by atoms with Gasteiger partial charge in [0.05, 0.1) is 11.4 Å². The maximum atomic E-state index is 14.0. The SMILES string of the molecule is O=C(CSc1nncn1-c1cccc(Cl)c1)N1CCN(Cc2c(F)cccc2Cl)CC1. The average molecular weight is 480 g/mol. The first-order valence-corrected chi connectivity index (χ1v) is 11.5. The predicted octanol–water partition coefficient (Wildman–Crippen LogP) is 4.15. The molecule has 0 bridgehead atoms. The number of hydrogen-bond acceptors (Lipinski definition) is 5. The van der Waals surface area contributed by atoms with Crippen molar-refractivity contribution in [3.8, 4) is 5.69 Å². The minimum Gasteiger partial charge on any atom is -0.339 e. The largest absolute Gasteiger partial charge is 0.339 e. The molecule has 0 saturated carbocycles. The van der Waals surface area contributed by atoms with Crippen molar-refractivity contribution in [1.82, 2.24) is 24.6 Å². The van der Waals surface area contributed by atoms with E-state index in [0.717, 1.165) is 5.69 Å². The van der Waals surface area contributed by atoms with Crippen molar-refractivity contribution in [1.29, 1.82) is 0 Å². The number of nitrogens with zero attached hydrogens (tertiary/aromatic N) is 5. The van der Waals surface area contributed by atoms with Gasteiger partial charge in [-0.3, -0.25) is 14.3 Å². The number of hydrogen-bond donors (Lipinski definition) is 0. The molecule has 1 fully saturated rings. The molecule has 1 aliphatic rings. The van der Waals surface area contributed by atoms with Gasteiger partial charge in [0, 0.05) is 48.3 Å².